The third kappa shape index (κ3) is 3.52. The second-order valence-electron chi connectivity index (χ2n) is 4.88. The molecule has 0 aliphatic rings. The number of aromatic nitrogens is 1. The first-order valence-corrected chi connectivity index (χ1v) is 7.03. The van der Waals surface area contributed by atoms with Gasteiger partial charge in [0.05, 0.1) is 19.0 Å². The summed E-state index contributed by atoms with van der Waals surface area (Å²) in [5.74, 6) is 0.214. The van der Waals surface area contributed by atoms with Crippen LogP contribution in [0.25, 0.3) is 0 Å². The van der Waals surface area contributed by atoms with Crippen LogP contribution in [0, 0.1) is 5.82 Å². The maximum Gasteiger partial charge on any atom is 0.141 e. The molecule has 0 bridgehead atoms. The summed E-state index contributed by atoms with van der Waals surface area (Å²) in [4.78, 5) is 4.00. The second-order valence-corrected chi connectivity index (χ2v) is 5.32. The van der Waals surface area contributed by atoms with Crippen molar-refractivity contribution in [1.29, 1.82) is 0 Å². The van der Waals surface area contributed by atoms with Gasteiger partial charge in [0.25, 0.3) is 0 Å². The van der Waals surface area contributed by atoms with Gasteiger partial charge in [-0.2, -0.15) is 0 Å². The number of pyridine rings is 1. The number of methoxy groups -OCH3 is 1. The van der Waals surface area contributed by atoms with Gasteiger partial charge in [-0.05, 0) is 42.3 Å². The van der Waals surface area contributed by atoms with Crippen LogP contribution in [0.5, 0.6) is 5.75 Å². The molecular formula is C16H17ClFNO2. The van der Waals surface area contributed by atoms with Crippen LogP contribution in [0.3, 0.4) is 0 Å². The highest BCUT2D eigenvalue weighted by Gasteiger charge is 2.30. The maximum atomic E-state index is 13.0. The molecular weight excluding hydrogens is 293 g/mol. The number of hydrogen-bond acceptors (Lipinski definition) is 3. The quantitative estimate of drug-likeness (QED) is 0.915. The number of rotatable bonds is 5. The Hall–Kier alpha value is -1.65. The van der Waals surface area contributed by atoms with Crippen molar-refractivity contribution in [3.8, 4) is 5.75 Å². The minimum absolute atomic E-state index is 0.284. The number of ether oxygens (including phenoxy) is 1. The molecule has 1 N–H and O–H groups in total. The van der Waals surface area contributed by atoms with Crippen molar-refractivity contribution in [2.24, 2.45) is 0 Å². The van der Waals surface area contributed by atoms with E-state index in [2.05, 4.69) is 4.98 Å². The van der Waals surface area contributed by atoms with Crippen LogP contribution in [0.15, 0.2) is 36.5 Å². The van der Waals surface area contributed by atoms with Gasteiger partial charge in [-0.3, -0.25) is 4.98 Å². The molecule has 0 radical (unpaired) electrons. The van der Waals surface area contributed by atoms with E-state index in [1.165, 1.54) is 12.1 Å². The van der Waals surface area contributed by atoms with E-state index in [0.29, 0.717) is 22.9 Å². The SMILES string of the molecule is CCC(O)(Cc1cc(Cl)ccc1OC)c1ccc(F)cn1. The average Bonchev–Trinajstić information content (AvgIpc) is 2.48. The molecule has 0 amide bonds. The van der Waals surface area contributed by atoms with Gasteiger partial charge in [0.2, 0.25) is 0 Å². The number of hydrogen-bond donors (Lipinski definition) is 1. The largest absolute Gasteiger partial charge is 0.496 e. The fourth-order valence-corrected chi connectivity index (χ4v) is 2.44. The Balaban J connectivity index is 2.38. The Morgan fingerprint density at radius 2 is 2.10 bits per heavy atom. The summed E-state index contributed by atoms with van der Waals surface area (Å²) >= 11 is 6.01. The molecule has 112 valence electrons. The molecule has 1 unspecified atom stereocenters. The van der Waals surface area contributed by atoms with Gasteiger partial charge in [0.15, 0.2) is 0 Å². The van der Waals surface area contributed by atoms with E-state index >= 15 is 0 Å². The molecule has 2 aromatic rings. The molecule has 3 nitrogen and oxygen atoms in total. The molecule has 0 saturated heterocycles. The van der Waals surface area contributed by atoms with Crippen molar-refractivity contribution in [2.45, 2.75) is 25.4 Å². The number of aliphatic hydroxyl groups is 1. The van der Waals surface area contributed by atoms with Crippen LogP contribution in [0.1, 0.15) is 24.6 Å². The van der Waals surface area contributed by atoms with E-state index in [0.717, 1.165) is 11.8 Å². The summed E-state index contributed by atoms with van der Waals surface area (Å²) in [7, 11) is 1.56. The smallest absolute Gasteiger partial charge is 0.141 e. The lowest BCUT2D eigenvalue weighted by atomic mass is 9.88. The molecule has 1 heterocycles. The van der Waals surface area contributed by atoms with E-state index in [4.69, 9.17) is 16.3 Å². The normalized spacial score (nSPS) is 13.8. The predicted octanol–water partition coefficient (Wildman–Crippen LogP) is 3.72. The zero-order valence-corrected chi connectivity index (χ0v) is 12.7. The van der Waals surface area contributed by atoms with Crippen molar-refractivity contribution in [1.82, 2.24) is 4.98 Å². The molecule has 0 aliphatic heterocycles. The standard InChI is InChI=1S/C16H17ClFNO2/c1-3-16(20,15-7-5-13(18)10-19-15)9-11-8-12(17)4-6-14(11)21-2/h4-8,10,20H,3,9H2,1-2H3. The first-order chi connectivity index (χ1) is 9.98. The minimum atomic E-state index is -1.20. The fraction of sp³-hybridized carbons (Fsp3) is 0.312. The molecule has 0 saturated carbocycles. The maximum absolute atomic E-state index is 13.0. The van der Waals surface area contributed by atoms with Crippen molar-refractivity contribution in [3.63, 3.8) is 0 Å². The third-order valence-corrected chi connectivity index (χ3v) is 3.75. The summed E-state index contributed by atoms with van der Waals surface area (Å²) in [6.45, 7) is 1.85. The number of halogens is 2. The summed E-state index contributed by atoms with van der Waals surface area (Å²) in [6.07, 6.45) is 1.82. The lowest BCUT2D eigenvalue weighted by Gasteiger charge is -2.27. The van der Waals surface area contributed by atoms with E-state index in [-0.39, 0.29) is 6.42 Å². The molecule has 0 fully saturated rings. The number of nitrogens with zero attached hydrogens (tertiary/aromatic N) is 1. The van der Waals surface area contributed by atoms with Crippen molar-refractivity contribution in [3.05, 3.63) is 58.6 Å². The molecule has 1 atom stereocenters. The van der Waals surface area contributed by atoms with Crippen LogP contribution in [-0.4, -0.2) is 17.2 Å². The molecule has 5 heteroatoms. The summed E-state index contributed by atoms with van der Waals surface area (Å²) < 4.78 is 18.3. The Morgan fingerprint density at radius 1 is 1.33 bits per heavy atom. The molecule has 1 aromatic heterocycles. The van der Waals surface area contributed by atoms with Gasteiger partial charge in [-0.25, -0.2) is 4.39 Å². The zero-order chi connectivity index (χ0) is 15.5. The average molecular weight is 310 g/mol. The first-order valence-electron chi connectivity index (χ1n) is 6.65. The van der Waals surface area contributed by atoms with Crippen LogP contribution in [0.2, 0.25) is 5.02 Å². The fourth-order valence-electron chi connectivity index (χ4n) is 2.25. The van der Waals surface area contributed by atoms with E-state index < -0.39 is 11.4 Å². The monoisotopic (exact) mass is 309 g/mol. The van der Waals surface area contributed by atoms with Gasteiger partial charge < -0.3 is 9.84 Å². The second kappa shape index (κ2) is 6.41. The van der Waals surface area contributed by atoms with E-state index in [1.807, 2.05) is 6.92 Å². The minimum Gasteiger partial charge on any atom is -0.496 e. The van der Waals surface area contributed by atoms with Gasteiger partial charge in [-0.15, -0.1) is 0 Å². The van der Waals surface area contributed by atoms with Gasteiger partial charge in [0, 0.05) is 11.4 Å². The van der Waals surface area contributed by atoms with Crippen molar-refractivity contribution < 1.29 is 14.2 Å². The van der Waals surface area contributed by atoms with Gasteiger partial charge in [0.1, 0.15) is 17.2 Å². The Morgan fingerprint density at radius 3 is 2.67 bits per heavy atom. The number of benzene rings is 1. The molecule has 2 rings (SSSR count). The van der Waals surface area contributed by atoms with Crippen LogP contribution in [-0.2, 0) is 12.0 Å². The lowest BCUT2D eigenvalue weighted by Crippen LogP contribution is -2.29. The molecule has 21 heavy (non-hydrogen) atoms. The molecule has 0 spiro atoms. The Labute approximate surface area is 128 Å². The highest BCUT2D eigenvalue weighted by atomic mass is 35.5. The zero-order valence-electron chi connectivity index (χ0n) is 11.9. The predicted molar refractivity (Wildman–Crippen MR) is 80.1 cm³/mol. The summed E-state index contributed by atoms with van der Waals surface area (Å²) in [5.41, 5.74) is -0.0000276. The summed E-state index contributed by atoms with van der Waals surface area (Å²) in [5, 5.41) is 11.4. The highest BCUT2D eigenvalue weighted by Crippen LogP contribution is 2.33. The van der Waals surface area contributed by atoms with Crippen molar-refractivity contribution in [2.75, 3.05) is 7.11 Å². The highest BCUT2D eigenvalue weighted by molar-refractivity contribution is 6.30. The van der Waals surface area contributed by atoms with E-state index in [1.54, 1.807) is 25.3 Å². The summed E-state index contributed by atoms with van der Waals surface area (Å²) in [6, 6.07) is 8.02. The Bertz CT molecular complexity index is 618. The van der Waals surface area contributed by atoms with Gasteiger partial charge in [-0.1, -0.05) is 18.5 Å². The molecule has 1 aromatic carbocycles. The van der Waals surface area contributed by atoms with Crippen molar-refractivity contribution >= 4 is 11.6 Å². The molecule has 0 aliphatic carbocycles. The third-order valence-electron chi connectivity index (χ3n) is 3.51. The van der Waals surface area contributed by atoms with Gasteiger partial charge >= 0.3 is 0 Å². The Kier molecular flexibility index (Phi) is 4.80. The van der Waals surface area contributed by atoms with E-state index in [9.17, 15) is 9.50 Å². The first kappa shape index (κ1) is 15.7. The van der Waals surface area contributed by atoms with Crippen LogP contribution in [0.4, 0.5) is 4.39 Å². The topological polar surface area (TPSA) is 42.4 Å². The lowest BCUT2D eigenvalue weighted by molar-refractivity contribution is 0.0276. The van der Waals surface area contributed by atoms with Crippen LogP contribution < -0.4 is 4.74 Å². The van der Waals surface area contributed by atoms with Crippen LogP contribution >= 0.6 is 11.6 Å².